The summed E-state index contributed by atoms with van der Waals surface area (Å²) in [6, 6.07) is 10.7. The molecule has 0 atom stereocenters. The molecule has 0 radical (unpaired) electrons. The van der Waals surface area contributed by atoms with Gasteiger partial charge in [-0.3, -0.25) is 4.57 Å². The van der Waals surface area contributed by atoms with Crippen LogP contribution in [-0.4, -0.2) is 14.5 Å². The Labute approximate surface area is 167 Å². The van der Waals surface area contributed by atoms with E-state index in [1.54, 1.807) is 0 Å². The zero-order valence-corrected chi connectivity index (χ0v) is 16.9. The SMILES string of the molecule is CCc1cc(C2=CCCC=C2)cc(C(C)C)c1-c1nccn1-c1ccccn1. The monoisotopic (exact) mass is 369 g/mol. The topological polar surface area (TPSA) is 30.7 Å². The van der Waals surface area contributed by atoms with Gasteiger partial charge in [0.05, 0.1) is 0 Å². The van der Waals surface area contributed by atoms with Gasteiger partial charge in [0, 0.05) is 24.2 Å². The first-order valence-corrected chi connectivity index (χ1v) is 10.2. The number of allylic oxidation sites excluding steroid dienone is 4. The zero-order valence-electron chi connectivity index (χ0n) is 16.9. The summed E-state index contributed by atoms with van der Waals surface area (Å²) < 4.78 is 2.10. The summed E-state index contributed by atoms with van der Waals surface area (Å²) in [5.41, 5.74) is 6.58. The minimum absolute atomic E-state index is 0.405. The Bertz CT molecular complexity index is 1020. The van der Waals surface area contributed by atoms with Gasteiger partial charge in [0.1, 0.15) is 11.6 Å². The number of rotatable bonds is 5. The van der Waals surface area contributed by atoms with Crippen LogP contribution in [0.4, 0.5) is 0 Å². The van der Waals surface area contributed by atoms with E-state index in [0.717, 1.165) is 30.9 Å². The Morgan fingerprint density at radius 2 is 1.96 bits per heavy atom. The summed E-state index contributed by atoms with van der Waals surface area (Å²) in [6.45, 7) is 6.76. The highest BCUT2D eigenvalue weighted by molar-refractivity contribution is 5.79. The van der Waals surface area contributed by atoms with Crippen molar-refractivity contribution in [2.24, 2.45) is 0 Å². The fourth-order valence-corrected chi connectivity index (χ4v) is 3.90. The van der Waals surface area contributed by atoms with Crippen molar-refractivity contribution in [3.05, 3.63) is 83.8 Å². The molecule has 0 N–H and O–H groups in total. The molecule has 0 spiro atoms. The number of pyridine rings is 1. The Hall–Kier alpha value is -2.94. The lowest BCUT2D eigenvalue weighted by atomic mass is 9.86. The second-order valence-electron chi connectivity index (χ2n) is 7.56. The van der Waals surface area contributed by atoms with E-state index >= 15 is 0 Å². The van der Waals surface area contributed by atoms with Crippen LogP contribution in [0.2, 0.25) is 0 Å². The van der Waals surface area contributed by atoms with Crippen molar-refractivity contribution in [1.82, 2.24) is 14.5 Å². The summed E-state index contributed by atoms with van der Waals surface area (Å²) in [4.78, 5) is 9.28. The van der Waals surface area contributed by atoms with Crippen LogP contribution in [0, 0.1) is 0 Å². The maximum absolute atomic E-state index is 4.75. The molecule has 2 aromatic heterocycles. The van der Waals surface area contributed by atoms with E-state index in [-0.39, 0.29) is 0 Å². The maximum atomic E-state index is 4.75. The molecule has 0 bridgehead atoms. The summed E-state index contributed by atoms with van der Waals surface area (Å²) in [6.07, 6.45) is 15.8. The molecule has 1 aliphatic carbocycles. The standard InChI is InChI=1S/C25H27N3/c1-4-19-16-21(20-10-6-5-7-11-20)17-22(18(2)3)24(19)25-27-14-15-28(25)23-12-8-9-13-26-23/h6,8-18H,4-5,7H2,1-3H3. The van der Waals surface area contributed by atoms with Crippen LogP contribution in [0.25, 0.3) is 22.8 Å². The first-order valence-electron chi connectivity index (χ1n) is 10.2. The molecule has 3 nitrogen and oxygen atoms in total. The van der Waals surface area contributed by atoms with Gasteiger partial charge in [-0.15, -0.1) is 0 Å². The van der Waals surface area contributed by atoms with Gasteiger partial charge in [-0.05, 0) is 59.6 Å². The summed E-state index contributed by atoms with van der Waals surface area (Å²) in [5.74, 6) is 2.27. The highest BCUT2D eigenvalue weighted by Crippen LogP contribution is 2.36. The third-order valence-corrected chi connectivity index (χ3v) is 5.34. The molecule has 0 saturated carbocycles. The fourth-order valence-electron chi connectivity index (χ4n) is 3.90. The van der Waals surface area contributed by atoms with E-state index in [9.17, 15) is 0 Å². The largest absolute Gasteiger partial charge is 0.284 e. The summed E-state index contributed by atoms with van der Waals surface area (Å²) in [5, 5.41) is 0. The van der Waals surface area contributed by atoms with E-state index in [1.165, 1.54) is 27.8 Å². The molecule has 0 fully saturated rings. The first-order chi connectivity index (χ1) is 13.7. The third kappa shape index (κ3) is 3.45. The number of imidazole rings is 1. The molecule has 142 valence electrons. The summed E-state index contributed by atoms with van der Waals surface area (Å²) >= 11 is 0. The second kappa shape index (κ2) is 7.97. The number of benzene rings is 1. The highest BCUT2D eigenvalue weighted by atomic mass is 15.1. The van der Waals surface area contributed by atoms with Crippen LogP contribution in [0.15, 0.2) is 67.2 Å². The van der Waals surface area contributed by atoms with Gasteiger partial charge >= 0.3 is 0 Å². The molecule has 0 saturated heterocycles. The average Bonchev–Trinajstić information content (AvgIpc) is 3.23. The Kier molecular flexibility index (Phi) is 5.25. The normalized spacial score (nSPS) is 13.8. The van der Waals surface area contributed by atoms with Gasteiger partial charge in [0.25, 0.3) is 0 Å². The van der Waals surface area contributed by atoms with E-state index in [1.807, 2.05) is 36.8 Å². The predicted molar refractivity (Wildman–Crippen MR) is 117 cm³/mol. The molecule has 28 heavy (non-hydrogen) atoms. The number of hydrogen-bond acceptors (Lipinski definition) is 2. The molecule has 1 aromatic carbocycles. The van der Waals surface area contributed by atoms with Crippen molar-refractivity contribution in [3.63, 3.8) is 0 Å². The number of hydrogen-bond donors (Lipinski definition) is 0. The second-order valence-corrected chi connectivity index (χ2v) is 7.56. The van der Waals surface area contributed by atoms with Crippen LogP contribution in [0.1, 0.15) is 56.2 Å². The zero-order chi connectivity index (χ0) is 19.5. The molecule has 3 heteroatoms. The minimum Gasteiger partial charge on any atom is -0.284 e. The summed E-state index contributed by atoms with van der Waals surface area (Å²) in [7, 11) is 0. The molecule has 2 heterocycles. The predicted octanol–water partition coefficient (Wildman–Crippen LogP) is 6.35. The third-order valence-electron chi connectivity index (χ3n) is 5.34. The lowest BCUT2D eigenvalue weighted by Gasteiger charge is -2.20. The van der Waals surface area contributed by atoms with Crippen molar-refractivity contribution < 1.29 is 0 Å². The number of aromatic nitrogens is 3. The lowest BCUT2D eigenvalue weighted by Crippen LogP contribution is -2.06. The number of aryl methyl sites for hydroxylation is 1. The van der Waals surface area contributed by atoms with Crippen LogP contribution in [0.5, 0.6) is 0 Å². The van der Waals surface area contributed by atoms with Crippen LogP contribution in [-0.2, 0) is 6.42 Å². The molecule has 0 amide bonds. The number of nitrogens with zero attached hydrogens (tertiary/aromatic N) is 3. The van der Waals surface area contributed by atoms with Gasteiger partial charge in [-0.1, -0.05) is 57.2 Å². The maximum Gasteiger partial charge on any atom is 0.146 e. The molecular weight excluding hydrogens is 342 g/mol. The minimum atomic E-state index is 0.405. The van der Waals surface area contributed by atoms with Crippen LogP contribution >= 0.6 is 0 Å². The van der Waals surface area contributed by atoms with Gasteiger partial charge in [0.2, 0.25) is 0 Å². The van der Waals surface area contributed by atoms with Crippen molar-refractivity contribution in [2.45, 2.75) is 46.0 Å². The molecule has 4 rings (SSSR count). The average molecular weight is 370 g/mol. The Morgan fingerprint density at radius 1 is 1.07 bits per heavy atom. The lowest BCUT2D eigenvalue weighted by molar-refractivity contribution is 0.858. The molecule has 0 aliphatic heterocycles. The molecule has 0 unspecified atom stereocenters. The van der Waals surface area contributed by atoms with Crippen molar-refractivity contribution in [3.8, 4) is 17.2 Å². The van der Waals surface area contributed by atoms with Gasteiger partial charge in [-0.2, -0.15) is 0 Å². The highest BCUT2D eigenvalue weighted by Gasteiger charge is 2.20. The van der Waals surface area contributed by atoms with E-state index in [2.05, 4.69) is 60.7 Å². The van der Waals surface area contributed by atoms with Crippen LogP contribution < -0.4 is 0 Å². The molecule has 3 aromatic rings. The first kappa shape index (κ1) is 18.4. The van der Waals surface area contributed by atoms with Crippen molar-refractivity contribution >= 4 is 5.57 Å². The van der Waals surface area contributed by atoms with Gasteiger partial charge in [0.15, 0.2) is 0 Å². The Morgan fingerprint density at radius 3 is 2.64 bits per heavy atom. The van der Waals surface area contributed by atoms with Crippen LogP contribution in [0.3, 0.4) is 0 Å². The van der Waals surface area contributed by atoms with Gasteiger partial charge < -0.3 is 0 Å². The quantitative estimate of drug-likeness (QED) is 0.524. The van der Waals surface area contributed by atoms with E-state index in [0.29, 0.717) is 5.92 Å². The molecular formula is C25H27N3. The molecule has 1 aliphatic rings. The Balaban J connectivity index is 1.92. The fraction of sp³-hybridized carbons (Fsp3) is 0.280. The smallest absolute Gasteiger partial charge is 0.146 e. The van der Waals surface area contributed by atoms with Gasteiger partial charge in [-0.25, -0.2) is 9.97 Å². The van der Waals surface area contributed by atoms with Crippen molar-refractivity contribution in [2.75, 3.05) is 0 Å². The van der Waals surface area contributed by atoms with E-state index in [4.69, 9.17) is 4.98 Å². The van der Waals surface area contributed by atoms with E-state index < -0.39 is 0 Å². The van der Waals surface area contributed by atoms with Crippen molar-refractivity contribution in [1.29, 1.82) is 0 Å².